The third kappa shape index (κ3) is 8.48. The summed E-state index contributed by atoms with van der Waals surface area (Å²) in [6, 6.07) is 24.6. The first-order valence-corrected chi connectivity index (χ1v) is 19.3. The van der Waals surface area contributed by atoms with E-state index in [1.165, 1.54) is 35.1 Å². The van der Waals surface area contributed by atoms with Crippen LogP contribution < -0.4 is 0 Å². The van der Waals surface area contributed by atoms with Gasteiger partial charge in [-0.05, 0) is 200 Å². The highest BCUT2D eigenvalue weighted by atomic mass is 127. The molecule has 0 amide bonds. The number of rotatable bonds is 4. The van der Waals surface area contributed by atoms with E-state index < -0.39 is 0 Å². The van der Waals surface area contributed by atoms with Gasteiger partial charge in [-0.3, -0.25) is 9.59 Å². The second kappa shape index (κ2) is 15.3. The van der Waals surface area contributed by atoms with Crippen molar-refractivity contribution >= 4 is 56.7 Å². The lowest BCUT2D eigenvalue weighted by molar-refractivity contribution is 0.103. The Hall–Kier alpha value is -2.32. The molecule has 0 unspecified atom stereocenters. The topological polar surface area (TPSA) is 34.1 Å². The second-order valence-electron chi connectivity index (χ2n) is 16.6. The molecule has 0 atom stereocenters. The van der Waals surface area contributed by atoms with Gasteiger partial charge < -0.3 is 0 Å². The lowest BCUT2D eigenvalue weighted by Crippen LogP contribution is -2.34. The van der Waals surface area contributed by atoms with E-state index in [0.717, 1.165) is 53.4 Å². The standard InChI is InChI=1S/2C22H25IO.2CH4/c2*1-14-12-18-19(22(4,5)11-10-21(18,2)3)13-17(14)20(24)15-6-8-16(23)9-7-15;;/h2*6-9,12-13H,10-11H2,1-5H3;2*1H4. The number of halogens is 2. The van der Waals surface area contributed by atoms with E-state index in [1.807, 2.05) is 48.5 Å². The summed E-state index contributed by atoms with van der Waals surface area (Å²) in [6.45, 7) is 22.6. The first-order chi connectivity index (χ1) is 22.2. The summed E-state index contributed by atoms with van der Waals surface area (Å²) < 4.78 is 2.29. The Morgan fingerprint density at radius 2 is 0.700 bits per heavy atom. The van der Waals surface area contributed by atoms with Gasteiger partial charge in [0.15, 0.2) is 11.6 Å². The maximum absolute atomic E-state index is 13.0. The van der Waals surface area contributed by atoms with E-state index in [-0.39, 0.29) is 48.1 Å². The zero-order chi connectivity index (χ0) is 35.4. The van der Waals surface area contributed by atoms with Crippen LogP contribution in [0.2, 0.25) is 0 Å². The molecule has 0 bridgehead atoms. The van der Waals surface area contributed by atoms with Crippen molar-refractivity contribution in [1.29, 1.82) is 0 Å². The highest BCUT2D eigenvalue weighted by Gasteiger charge is 2.39. The van der Waals surface area contributed by atoms with Crippen LogP contribution in [0.25, 0.3) is 0 Å². The Kier molecular flexibility index (Phi) is 12.9. The molecule has 6 rings (SSSR count). The molecule has 0 radical (unpaired) electrons. The summed E-state index contributed by atoms with van der Waals surface area (Å²) in [6.07, 6.45) is 4.70. The van der Waals surface area contributed by atoms with Crippen LogP contribution in [0.4, 0.5) is 0 Å². The van der Waals surface area contributed by atoms with Gasteiger partial charge in [-0.1, -0.05) is 82.4 Å². The molecule has 2 nitrogen and oxygen atoms in total. The van der Waals surface area contributed by atoms with Gasteiger partial charge in [0, 0.05) is 29.4 Å². The number of aryl methyl sites for hydroxylation is 2. The van der Waals surface area contributed by atoms with Crippen LogP contribution in [0.15, 0.2) is 72.8 Å². The Morgan fingerprint density at radius 1 is 0.460 bits per heavy atom. The molecule has 0 fully saturated rings. The molecule has 0 aliphatic heterocycles. The Bertz CT molecular complexity index is 1730. The van der Waals surface area contributed by atoms with Crippen LogP contribution in [0.3, 0.4) is 0 Å². The Balaban J connectivity index is 0.000000260. The zero-order valence-electron chi connectivity index (χ0n) is 30.3. The third-order valence-corrected chi connectivity index (χ3v) is 12.5. The maximum Gasteiger partial charge on any atom is 0.193 e. The molecule has 268 valence electrons. The fourth-order valence-electron chi connectivity index (χ4n) is 7.45. The second-order valence-corrected chi connectivity index (χ2v) is 19.1. The molecule has 0 N–H and O–H groups in total. The molecule has 0 heterocycles. The van der Waals surface area contributed by atoms with E-state index in [4.69, 9.17) is 0 Å². The molecular formula is C46H58I2O2. The summed E-state index contributed by atoms with van der Waals surface area (Å²) in [5.74, 6) is 0.261. The SMILES string of the molecule is C.C.Cc1cc2c(cc1C(=O)c1ccc(I)cc1)C(C)(C)CCC2(C)C.Cc1cc2c(cc1C(=O)c1ccc(I)cc1)C(C)(C)CCC2(C)C. The number of fused-ring (bicyclic) bond motifs is 2. The molecule has 0 spiro atoms. The predicted octanol–water partition coefficient (Wildman–Crippen LogP) is 13.6. The third-order valence-electron chi connectivity index (χ3n) is 11.1. The number of carbonyl (C=O) groups is 2. The predicted molar refractivity (Wildman–Crippen MR) is 232 cm³/mol. The highest BCUT2D eigenvalue weighted by molar-refractivity contribution is 14.1. The van der Waals surface area contributed by atoms with Gasteiger partial charge in [0.05, 0.1) is 0 Å². The van der Waals surface area contributed by atoms with Gasteiger partial charge in [0.25, 0.3) is 0 Å². The zero-order valence-corrected chi connectivity index (χ0v) is 34.6. The quantitative estimate of drug-likeness (QED) is 0.151. The van der Waals surface area contributed by atoms with E-state index >= 15 is 0 Å². The number of hydrogen-bond acceptors (Lipinski definition) is 2. The van der Waals surface area contributed by atoms with Crippen molar-refractivity contribution in [3.05, 3.63) is 136 Å². The van der Waals surface area contributed by atoms with Crippen LogP contribution in [-0.2, 0) is 21.7 Å². The van der Waals surface area contributed by atoms with Gasteiger partial charge >= 0.3 is 0 Å². The van der Waals surface area contributed by atoms with Gasteiger partial charge in [-0.2, -0.15) is 0 Å². The number of ketones is 2. The van der Waals surface area contributed by atoms with Crippen molar-refractivity contribution in [2.45, 2.75) is 131 Å². The van der Waals surface area contributed by atoms with Crippen LogP contribution >= 0.6 is 45.2 Å². The summed E-state index contributed by atoms with van der Waals surface area (Å²) in [7, 11) is 0. The van der Waals surface area contributed by atoms with Gasteiger partial charge in [0.2, 0.25) is 0 Å². The fraction of sp³-hybridized carbons (Fsp3) is 0.435. The van der Waals surface area contributed by atoms with Crippen LogP contribution in [-0.4, -0.2) is 11.6 Å². The van der Waals surface area contributed by atoms with Crippen molar-refractivity contribution in [2.24, 2.45) is 0 Å². The molecule has 4 aromatic carbocycles. The van der Waals surface area contributed by atoms with Gasteiger partial charge in [-0.25, -0.2) is 0 Å². The number of carbonyl (C=O) groups excluding carboxylic acids is 2. The monoisotopic (exact) mass is 896 g/mol. The van der Waals surface area contributed by atoms with Crippen LogP contribution in [0, 0.1) is 21.0 Å². The van der Waals surface area contributed by atoms with Crippen LogP contribution in [0.5, 0.6) is 0 Å². The normalized spacial score (nSPS) is 17.4. The smallest absolute Gasteiger partial charge is 0.193 e. The summed E-state index contributed by atoms with van der Waals surface area (Å²) in [5, 5.41) is 0. The first-order valence-electron chi connectivity index (χ1n) is 17.2. The van der Waals surface area contributed by atoms with Crippen LogP contribution in [0.1, 0.15) is 161 Å². The molecule has 2 aliphatic rings. The Labute approximate surface area is 330 Å². The van der Waals surface area contributed by atoms with E-state index in [0.29, 0.717) is 0 Å². The van der Waals surface area contributed by atoms with E-state index in [9.17, 15) is 9.59 Å². The van der Waals surface area contributed by atoms with Crippen molar-refractivity contribution in [1.82, 2.24) is 0 Å². The van der Waals surface area contributed by atoms with Crippen molar-refractivity contribution in [3.63, 3.8) is 0 Å². The largest absolute Gasteiger partial charge is 0.289 e. The average molecular weight is 897 g/mol. The Morgan fingerprint density at radius 3 is 0.960 bits per heavy atom. The minimum atomic E-state index is 0. The van der Waals surface area contributed by atoms with Crippen molar-refractivity contribution in [2.75, 3.05) is 0 Å². The van der Waals surface area contributed by atoms with E-state index in [1.54, 1.807) is 0 Å². The molecular weight excluding hydrogens is 838 g/mol. The average Bonchev–Trinajstić information content (AvgIpc) is 3.02. The summed E-state index contributed by atoms with van der Waals surface area (Å²) in [5.41, 5.74) is 11.5. The van der Waals surface area contributed by atoms with Gasteiger partial charge in [0.1, 0.15) is 0 Å². The molecule has 0 saturated carbocycles. The van der Waals surface area contributed by atoms with E-state index in [2.05, 4.69) is 139 Å². The lowest BCUT2D eigenvalue weighted by Gasteiger charge is -2.42. The number of benzene rings is 4. The minimum Gasteiger partial charge on any atom is -0.289 e. The minimum absolute atomic E-state index is 0. The maximum atomic E-state index is 13.0. The molecule has 50 heavy (non-hydrogen) atoms. The van der Waals surface area contributed by atoms with Crippen molar-refractivity contribution in [3.8, 4) is 0 Å². The highest BCUT2D eigenvalue weighted by Crippen LogP contribution is 2.48. The number of hydrogen-bond donors (Lipinski definition) is 0. The fourth-order valence-corrected chi connectivity index (χ4v) is 8.17. The molecule has 2 aliphatic carbocycles. The molecule has 4 heteroatoms. The first kappa shape index (κ1) is 42.1. The summed E-state index contributed by atoms with van der Waals surface area (Å²) in [4.78, 5) is 26.1. The van der Waals surface area contributed by atoms with Gasteiger partial charge in [-0.15, -0.1) is 0 Å². The summed E-state index contributed by atoms with van der Waals surface area (Å²) >= 11 is 4.53. The molecule has 0 aromatic heterocycles. The molecule has 0 saturated heterocycles. The lowest BCUT2D eigenvalue weighted by atomic mass is 9.62. The molecule has 4 aromatic rings. The van der Waals surface area contributed by atoms with Crippen molar-refractivity contribution < 1.29 is 9.59 Å².